The SMILES string of the molecule is CCCCN(C)c1cnnc(Nc2ccccc2C(=O)OC)n1. The molecule has 0 aliphatic rings. The average Bonchev–Trinajstić information content (AvgIpc) is 2.59. The largest absolute Gasteiger partial charge is 0.465 e. The van der Waals surface area contributed by atoms with Gasteiger partial charge < -0.3 is 15.0 Å². The second-order valence-electron chi connectivity index (χ2n) is 5.08. The van der Waals surface area contributed by atoms with Gasteiger partial charge in [0.25, 0.3) is 0 Å². The highest BCUT2D eigenvalue weighted by Crippen LogP contribution is 2.20. The normalized spacial score (nSPS) is 10.2. The molecule has 0 atom stereocenters. The highest BCUT2D eigenvalue weighted by atomic mass is 16.5. The molecule has 0 aliphatic heterocycles. The number of rotatable bonds is 7. The van der Waals surface area contributed by atoms with Crippen molar-refractivity contribution in [3.8, 4) is 0 Å². The van der Waals surface area contributed by atoms with E-state index in [0.717, 1.165) is 25.2 Å². The second kappa shape index (κ2) is 8.07. The molecule has 122 valence electrons. The highest BCUT2D eigenvalue weighted by Gasteiger charge is 2.13. The Hall–Kier alpha value is -2.70. The van der Waals surface area contributed by atoms with Crippen LogP contribution < -0.4 is 10.2 Å². The van der Waals surface area contributed by atoms with Gasteiger partial charge in [0.1, 0.15) is 0 Å². The van der Waals surface area contributed by atoms with Crippen molar-refractivity contribution < 1.29 is 9.53 Å². The molecule has 7 nitrogen and oxygen atoms in total. The first-order valence-corrected chi connectivity index (χ1v) is 7.51. The summed E-state index contributed by atoms with van der Waals surface area (Å²) in [7, 11) is 3.31. The molecule has 0 saturated carbocycles. The maximum absolute atomic E-state index is 11.8. The lowest BCUT2D eigenvalue weighted by Gasteiger charge is -2.17. The fourth-order valence-corrected chi connectivity index (χ4v) is 2.04. The molecule has 0 fully saturated rings. The monoisotopic (exact) mass is 315 g/mol. The van der Waals surface area contributed by atoms with Gasteiger partial charge in [0, 0.05) is 13.6 Å². The zero-order valence-corrected chi connectivity index (χ0v) is 13.6. The molecule has 0 unspecified atom stereocenters. The van der Waals surface area contributed by atoms with Gasteiger partial charge >= 0.3 is 5.97 Å². The standard InChI is InChI=1S/C16H21N5O2/c1-4-5-10-21(2)14-11-17-20-16(19-14)18-13-9-7-6-8-12(13)15(22)23-3/h6-9,11H,4-5,10H2,1-3H3,(H,18,19,20). The van der Waals surface area contributed by atoms with Crippen LogP contribution in [0.15, 0.2) is 30.5 Å². The molecule has 2 aromatic rings. The Morgan fingerprint density at radius 3 is 2.87 bits per heavy atom. The maximum Gasteiger partial charge on any atom is 0.339 e. The Morgan fingerprint density at radius 2 is 2.13 bits per heavy atom. The third-order valence-electron chi connectivity index (χ3n) is 3.36. The number of benzene rings is 1. The number of unbranched alkanes of at least 4 members (excludes halogenated alkanes) is 1. The number of methoxy groups -OCH3 is 1. The van der Waals surface area contributed by atoms with E-state index >= 15 is 0 Å². The van der Waals surface area contributed by atoms with Gasteiger partial charge in [-0.15, -0.1) is 5.10 Å². The van der Waals surface area contributed by atoms with E-state index in [2.05, 4.69) is 27.4 Å². The van der Waals surface area contributed by atoms with Crippen molar-refractivity contribution in [1.29, 1.82) is 0 Å². The summed E-state index contributed by atoms with van der Waals surface area (Å²) >= 11 is 0. The topological polar surface area (TPSA) is 80.2 Å². The fraction of sp³-hybridized carbons (Fsp3) is 0.375. The fourth-order valence-electron chi connectivity index (χ4n) is 2.04. The van der Waals surface area contributed by atoms with E-state index in [0.29, 0.717) is 17.2 Å². The molecule has 1 aromatic heterocycles. The summed E-state index contributed by atoms with van der Waals surface area (Å²) in [6, 6.07) is 7.03. The molecule has 0 radical (unpaired) electrons. The zero-order chi connectivity index (χ0) is 16.7. The molecule has 7 heteroatoms. The van der Waals surface area contributed by atoms with Gasteiger partial charge in [0.15, 0.2) is 5.82 Å². The molecule has 0 bridgehead atoms. The lowest BCUT2D eigenvalue weighted by atomic mass is 10.2. The minimum atomic E-state index is -0.419. The molecule has 23 heavy (non-hydrogen) atoms. The van der Waals surface area contributed by atoms with E-state index in [4.69, 9.17) is 4.74 Å². The van der Waals surface area contributed by atoms with Gasteiger partial charge in [0.2, 0.25) is 5.95 Å². The number of carbonyl (C=O) groups excluding carboxylic acids is 1. The summed E-state index contributed by atoms with van der Waals surface area (Å²) in [5.41, 5.74) is 0.998. The molecular weight excluding hydrogens is 294 g/mol. The summed E-state index contributed by atoms with van der Waals surface area (Å²) in [5.74, 6) is 0.644. The highest BCUT2D eigenvalue weighted by molar-refractivity contribution is 5.96. The van der Waals surface area contributed by atoms with Gasteiger partial charge in [-0.3, -0.25) is 0 Å². The molecular formula is C16H21N5O2. The summed E-state index contributed by atoms with van der Waals surface area (Å²) < 4.78 is 4.78. The Labute approximate surface area is 135 Å². The number of esters is 1. The van der Waals surface area contributed by atoms with Crippen LogP contribution in [-0.4, -0.2) is 41.9 Å². The number of aromatic nitrogens is 3. The Morgan fingerprint density at radius 1 is 1.35 bits per heavy atom. The van der Waals surface area contributed by atoms with Crippen molar-refractivity contribution in [1.82, 2.24) is 15.2 Å². The van der Waals surface area contributed by atoms with Crippen molar-refractivity contribution >= 4 is 23.4 Å². The third kappa shape index (κ3) is 4.38. The maximum atomic E-state index is 11.8. The second-order valence-corrected chi connectivity index (χ2v) is 5.08. The third-order valence-corrected chi connectivity index (χ3v) is 3.36. The Kier molecular flexibility index (Phi) is 5.85. The van der Waals surface area contributed by atoms with Gasteiger partial charge in [0.05, 0.1) is 24.6 Å². The molecule has 0 spiro atoms. The molecule has 1 heterocycles. The van der Waals surface area contributed by atoms with E-state index in [1.807, 2.05) is 18.0 Å². The van der Waals surface area contributed by atoms with E-state index in [1.165, 1.54) is 7.11 Å². The van der Waals surface area contributed by atoms with Crippen LogP contribution in [0.3, 0.4) is 0 Å². The van der Waals surface area contributed by atoms with Crippen molar-refractivity contribution in [2.75, 3.05) is 30.9 Å². The summed E-state index contributed by atoms with van der Waals surface area (Å²) in [6.07, 6.45) is 3.81. The number of anilines is 3. The Balaban J connectivity index is 2.20. The van der Waals surface area contributed by atoms with Crippen molar-refractivity contribution in [3.05, 3.63) is 36.0 Å². The lowest BCUT2D eigenvalue weighted by molar-refractivity contribution is 0.0602. The average molecular weight is 315 g/mol. The van der Waals surface area contributed by atoms with E-state index in [-0.39, 0.29) is 0 Å². The number of hydrogen-bond acceptors (Lipinski definition) is 7. The van der Waals surface area contributed by atoms with Crippen LogP contribution in [0.1, 0.15) is 30.1 Å². The van der Waals surface area contributed by atoms with E-state index in [1.54, 1.807) is 24.4 Å². The number of carbonyl (C=O) groups is 1. The van der Waals surface area contributed by atoms with Crippen LogP contribution in [0.2, 0.25) is 0 Å². The zero-order valence-electron chi connectivity index (χ0n) is 13.6. The first-order chi connectivity index (χ1) is 11.2. The number of hydrogen-bond donors (Lipinski definition) is 1. The summed E-state index contributed by atoms with van der Waals surface area (Å²) in [4.78, 5) is 18.3. The molecule has 2 rings (SSSR count). The van der Waals surface area contributed by atoms with Crippen molar-refractivity contribution in [3.63, 3.8) is 0 Å². The molecule has 1 aromatic carbocycles. The summed E-state index contributed by atoms with van der Waals surface area (Å²) in [6.45, 7) is 3.04. The van der Waals surface area contributed by atoms with E-state index in [9.17, 15) is 4.79 Å². The quantitative estimate of drug-likeness (QED) is 0.787. The molecule has 0 amide bonds. The number of nitrogens with one attached hydrogen (secondary N) is 1. The van der Waals surface area contributed by atoms with Gasteiger partial charge in [-0.05, 0) is 18.6 Å². The molecule has 1 N–H and O–H groups in total. The number of ether oxygens (including phenoxy) is 1. The van der Waals surface area contributed by atoms with Gasteiger partial charge in [-0.2, -0.15) is 10.1 Å². The Bertz CT molecular complexity index is 662. The van der Waals surface area contributed by atoms with Crippen molar-refractivity contribution in [2.45, 2.75) is 19.8 Å². The minimum Gasteiger partial charge on any atom is -0.465 e. The van der Waals surface area contributed by atoms with E-state index < -0.39 is 5.97 Å². The first-order valence-electron chi connectivity index (χ1n) is 7.51. The minimum absolute atomic E-state index is 0.335. The summed E-state index contributed by atoms with van der Waals surface area (Å²) in [5, 5.41) is 11.0. The van der Waals surface area contributed by atoms with Crippen LogP contribution in [0, 0.1) is 0 Å². The van der Waals surface area contributed by atoms with Crippen molar-refractivity contribution in [2.24, 2.45) is 0 Å². The van der Waals surface area contributed by atoms with Crippen LogP contribution >= 0.6 is 0 Å². The van der Waals surface area contributed by atoms with Gasteiger partial charge in [-0.1, -0.05) is 25.5 Å². The molecule has 0 aliphatic carbocycles. The predicted molar refractivity (Wildman–Crippen MR) is 89.1 cm³/mol. The van der Waals surface area contributed by atoms with Gasteiger partial charge in [-0.25, -0.2) is 4.79 Å². The first kappa shape index (κ1) is 16.7. The van der Waals surface area contributed by atoms with Crippen LogP contribution in [-0.2, 0) is 4.74 Å². The number of para-hydroxylation sites is 1. The predicted octanol–water partition coefficient (Wildman–Crippen LogP) is 2.64. The lowest BCUT2D eigenvalue weighted by Crippen LogP contribution is -2.20. The van der Waals surface area contributed by atoms with Crippen LogP contribution in [0.5, 0.6) is 0 Å². The number of nitrogens with zero attached hydrogens (tertiary/aromatic N) is 4. The van der Waals surface area contributed by atoms with Crippen LogP contribution in [0.4, 0.5) is 17.5 Å². The molecule has 0 saturated heterocycles. The smallest absolute Gasteiger partial charge is 0.339 e. The van der Waals surface area contributed by atoms with Crippen LogP contribution in [0.25, 0.3) is 0 Å².